The molecule has 94 valence electrons. The van der Waals surface area contributed by atoms with Gasteiger partial charge in [0.1, 0.15) is 18.5 Å². The van der Waals surface area contributed by atoms with E-state index in [0.29, 0.717) is 12.7 Å². The SMILES string of the molecule is CN(C)CCCc1ccc(OCC2CO2)cc1. The first-order chi connectivity index (χ1) is 8.24. The zero-order valence-corrected chi connectivity index (χ0v) is 10.7. The van der Waals surface area contributed by atoms with Crippen molar-refractivity contribution in [2.75, 3.05) is 33.9 Å². The minimum absolute atomic E-state index is 0.328. The van der Waals surface area contributed by atoms with Crippen LogP contribution in [0.1, 0.15) is 12.0 Å². The van der Waals surface area contributed by atoms with Crippen LogP contribution in [0.3, 0.4) is 0 Å². The van der Waals surface area contributed by atoms with E-state index in [-0.39, 0.29) is 0 Å². The lowest BCUT2D eigenvalue weighted by molar-refractivity contribution is 0.263. The molecule has 2 rings (SSSR count). The van der Waals surface area contributed by atoms with Gasteiger partial charge in [0.25, 0.3) is 0 Å². The minimum Gasteiger partial charge on any atom is -0.491 e. The Bertz CT molecular complexity index is 331. The molecular formula is C14H21NO2. The molecule has 0 N–H and O–H groups in total. The van der Waals surface area contributed by atoms with Crippen LogP contribution in [-0.4, -0.2) is 44.9 Å². The molecule has 3 heteroatoms. The van der Waals surface area contributed by atoms with Crippen LogP contribution < -0.4 is 4.74 Å². The molecule has 17 heavy (non-hydrogen) atoms. The summed E-state index contributed by atoms with van der Waals surface area (Å²) in [5.74, 6) is 0.942. The number of epoxide rings is 1. The first-order valence-electron chi connectivity index (χ1n) is 6.22. The molecular weight excluding hydrogens is 214 g/mol. The second kappa shape index (κ2) is 6.03. The van der Waals surface area contributed by atoms with Crippen LogP contribution >= 0.6 is 0 Å². The molecule has 0 aromatic heterocycles. The summed E-state index contributed by atoms with van der Waals surface area (Å²) < 4.78 is 10.7. The molecule has 1 saturated heterocycles. The van der Waals surface area contributed by atoms with E-state index in [2.05, 4.69) is 31.1 Å². The van der Waals surface area contributed by atoms with Crippen molar-refractivity contribution in [3.63, 3.8) is 0 Å². The van der Waals surface area contributed by atoms with E-state index < -0.39 is 0 Å². The third-order valence-electron chi connectivity index (χ3n) is 2.83. The fraction of sp³-hybridized carbons (Fsp3) is 0.571. The Labute approximate surface area is 103 Å². The maximum atomic E-state index is 5.59. The third kappa shape index (κ3) is 4.75. The molecule has 0 saturated carbocycles. The highest BCUT2D eigenvalue weighted by atomic mass is 16.6. The molecule has 3 nitrogen and oxygen atoms in total. The van der Waals surface area contributed by atoms with Crippen molar-refractivity contribution >= 4 is 0 Å². The van der Waals surface area contributed by atoms with Crippen LogP contribution in [0.15, 0.2) is 24.3 Å². The smallest absolute Gasteiger partial charge is 0.119 e. The number of aryl methyl sites for hydroxylation is 1. The number of nitrogens with zero attached hydrogens (tertiary/aromatic N) is 1. The van der Waals surface area contributed by atoms with Crippen LogP contribution in [0, 0.1) is 0 Å². The summed E-state index contributed by atoms with van der Waals surface area (Å²) in [5, 5.41) is 0. The molecule has 1 heterocycles. The monoisotopic (exact) mass is 235 g/mol. The topological polar surface area (TPSA) is 25.0 Å². The Morgan fingerprint density at radius 2 is 2.00 bits per heavy atom. The van der Waals surface area contributed by atoms with Crippen LogP contribution in [0.4, 0.5) is 0 Å². The van der Waals surface area contributed by atoms with Crippen LogP contribution in [-0.2, 0) is 11.2 Å². The lowest BCUT2D eigenvalue weighted by Crippen LogP contribution is -2.13. The van der Waals surface area contributed by atoms with E-state index in [9.17, 15) is 0 Å². The van der Waals surface area contributed by atoms with Gasteiger partial charge in [-0.3, -0.25) is 0 Å². The standard InChI is InChI=1S/C14H21NO2/c1-15(2)9-3-4-12-5-7-13(8-6-12)16-10-14-11-17-14/h5-8,14H,3-4,9-11H2,1-2H3. The molecule has 1 aromatic carbocycles. The zero-order valence-electron chi connectivity index (χ0n) is 10.7. The molecule has 0 bridgehead atoms. The predicted molar refractivity (Wildman–Crippen MR) is 68.6 cm³/mol. The van der Waals surface area contributed by atoms with Crippen molar-refractivity contribution < 1.29 is 9.47 Å². The van der Waals surface area contributed by atoms with Crippen molar-refractivity contribution in [3.8, 4) is 5.75 Å². The van der Waals surface area contributed by atoms with Gasteiger partial charge in [0.05, 0.1) is 6.61 Å². The van der Waals surface area contributed by atoms with Gasteiger partial charge >= 0.3 is 0 Å². The van der Waals surface area contributed by atoms with Gasteiger partial charge in [-0.25, -0.2) is 0 Å². The van der Waals surface area contributed by atoms with E-state index >= 15 is 0 Å². The third-order valence-corrected chi connectivity index (χ3v) is 2.83. The highest BCUT2D eigenvalue weighted by molar-refractivity contribution is 5.27. The average Bonchev–Trinajstić information content (AvgIpc) is 3.11. The Morgan fingerprint density at radius 3 is 2.59 bits per heavy atom. The molecule has 1 fully saturated rings. The predicted octanol–water partition coefficient (Wildman–Crippen LogP) is 1.96. The Kier molecular flexibility index (Phi) is 4.40. The van der Waals surface area contributed by atoms with Crippen LogP contribution in [0.2, 0.25) is 0 Å². The Balaban J connectivity index is 1.72. The first kappa shape index (κ1) is 12.4. The minimum atomic E-state index is 0.328. The van der Waals surface area contributed by atoms with Gasteiger partial charge in [-0.05, 0) is 51.2 Å². The summed E-state index contributed by atoms with van der Waals surface area (Å²) in [6, 6.07) is 8.40. The Hall–Kier alpha value is -1.06. The molecule has 1 aliphatic rings. The lowest BCUT2D eigenvalue weighted by Gasteiger charge is -2.09. The quantitative estimate of drug-likeness (QED) is 0.675. The van der Waals surface area contributed by atoms with Crippen molar-refractivity contribution in [2.24, 2.45) is 0 Å². The van der Waals surface area contributed by atoms with Gasteiger partial charge in [-0.15, -0.1) is 0 Å². The van der Waals surface area contributed by atoms with Crippen molar-refractivity contribution in [2.45, 2.75) is 18.9 Å². The maximum Gasteiger partial charge on any atom is 0.119 e. The maximum absolute atomic E-state index is 5.59. The highest BCUT2D eigenvalue weighted by Crippen LogP contribution is 2.16. The lowest BCUT2D eigenvalue weighted by atomic mass is 10.1. The van der Waals surface area contributed by atoms with Crippen molar-refractivity contribution in [1.29, 1.82) is 0 Å². The summed E-state index contributed by atoms with van der Waals surface area (Å²) in [5.41, 5.74) is 1.38. The summed E-state index contributed by atoms with van der Waals surface area (Å²) in [6.07, 6.45) is 2.66. The van der Waals surface area contributed by atoms with E-state index in [1.54, 1.807) is 0 Å². The highest BCUT2D eigenvalue weighted by Gasteiger charge is 2.22. The van der Waals surface area contributed by atoms with Gasteiger partial charge < -0.3 is 14.4 Å². The summed E-state index contributed by atoms with van der Waals surface area (Å²) in [6.45, 7) is 2.67. The zero-order chi connectivity index (χ0) is 12.1. The van der Waals surface area contributed by atoms with Crippen LogP contribution in [0.5, 0.6) is 5.75 Å². The average molecular weight is 235 g/mol. The van der Waals surface area contributed by atoms with Gasteiger partial charge in [0.2, 0.25) is 0 Å². The summed E-state index contributed by atoms with van der Waals surface area (Å²) in [7, 11) is 4.22. The normalized spacial score (nSPS) is 18.4. The first-order valence-corrected chi connectivity index (χ1v) is 6.22. The van der Waals surface area contributed by atoms with Gasteiger partial charge in [-0.2, -0.15) is 0 Å². The number of benzene rings is 1. The summed E-state index contributed by atoms with van der Waals surface area (Å²) in [4.78, 5) is 2.22. The Morgan fingerprint density at radius 1 is 1.29 bits per heavy atom. The molecule has 1 unspecified atom stereocenters. The molecule has 1 aliphatic heterocycles. The fourth-order valence-electron chi connectivity index (χ4n) is 1.71. The number of hydrogen-bond donors (Lipinski definition) is 0. The van der Waals surface area contributed by atoms with Gasteiger partial charge in [0.15, 0.2) is 0 Å². The largest absolute Gasteiger partial charge is 0.491 e. The van der Waals surface area contributed by atoms with Crippen LogP contribution in [0.25, 0.3) is 0 Å². The molecule has 1 aromatic rings. The molecule has 0 amide bonds. The second-order valence-corrected chi connectivity index (χ2v) is 4.82. The van der Waals surface area contributed by atoms with Crippen molar-refractivity contribution in [3.05, 3.63) is 29.8 Å². The summed E-state index contributed by atoms with van der Waals surface area (Å²) >= 11 is 0. The molecule has 1 atom stereocenters. The molecule has 0 radical (unpaired) electrons. The number of hydrogen-bond acceptors (Lipinski definition) is 3. The second-order valence-electron chi connectivity index (χ2n) is 4.82. The molecule has 0 spiro atoms. The van der Waals surface area contributed by atoms with E-state index in [4.69, 9.17) is 9.47 Å². The number of rotatable bonds is 7. The van der Waals surface area contributed by atoms with Crippen molar-refractivity contribution in [1.82, 2.24) is 4.90 Å². The van der Waals surface area contributed by atoms with E-state index in [1.165, 1.54) is 12.0 Å². The van der Waals surface area contributed by atoms with E-state index in [0.717, 1.165) is 25.3 Å². The molecule has 0 aliphatic carbocycles. The number of ether oxygens (including phenoxy) is 2. The van der Waals surface area contributed by atoms with Gasteiger partial charge in [0, 0.05) is 0 Å². The fourth-order valence-corrected chi connectivity index (χ4v) is 1.71. The van der Waals surface area contributed by atoms with Gasteiger partial charge in [-0.1, -0.05) is 12.1 Å². The van der Waals surface area contributed by atoms with E-state index in [1.807, 2.05) is 12.1 Å².